The van der Waals surface area contributed by atoms with E-state index in [0.717, 1.165) is 18.5 Å². The molecule has 0 unspecified atom stereocenters. The third kappa shape index (κ3) is 4.81. The van der Waals surface area contributed by atoms with Crippen molar-refractivity contribution in [2.45, 2.75) is 31.4 Å². The predicted molar refractivity (Wildman–Crippen MR) is 108 cm³/mol. The zero-order valence-corrected chi connectivity index (χ0v) is 15.3. The summed E-state index contributed by atoms with van der Waals surface area (Å²) in [4.78, 5) is 0. The van der Waals surface area contributed by atoms with Crippen molar-refractivity contribution in [1.29, 1.82) is 0 Å². The van der Waals surface area contributed by atoms with Gasteiger partial charge in [0.2, 0.25) is 0 Å². The fraction of sp³-hybridized carbons (Fsp3) is 0.250. The van der Waals surface area contributed by atoms with Gasteiger partial charge in [0.05, 0.1) is 6.10 Å². The Balaban J connectivity index is 1.63. The Kier molecular flexibility index (Phi) is 6.59. The van der Waals surface area contributed by atoms with Crippen LogP contribution in [0.25, 0.3) is 0 Å². The van der Waals surface area contributed by atoms with Crippen LogP contribution in [-0.2, 0) is 0 Å². The average molecular weight is 345 g/mol. The number of hydrogen-bond acceptors (Lipinski definition) is 2. The Hall–Kier alpha value is -2.42. The summed E-state index contributed by atoms with van der Waals surface area (Å²) < 4.78 is 0. The highest BCUT2D eigenvalue weighted by Gasteiger charge is 2.17. The fourth-order valence-electron chi connectivity index (χ4n) is 3.40. The van der Waals surface area contributed by atoms with Crippen LogP contribution in [0.5, 0.6) is 0 Å². The van der Waals surface area contributed by atoms with Crippen LogP contribution in [0, 0.1) is 0 Å². The molecule has 0 heterocycles. The van der Waals surface area contributed by atoms with E-state index < -0.39 is 6.10 Å². The van der Waals surface area contributed by atoms with E-state index in [1.54, 1.807) is 0 Å². The summed E-state index contributed by atoms with van der Waals surface area (Å²) >= 11 is 0. The first-order valence-corrected chi connectivity index (χ1v) is 9.32. The van der Waals surface area contributed by atoms with Gasteiger partial charge in [-0.3, -0.25) is 0 Å². The molecule has 0 aromatic heterocycles. The van der Waals surface area contributed by atoms with Gasteiger partial charge in [-0.15, -0.1) is 0 Å². The average Bonchev–Trinajstić information content (AvgIpc) is 2.72. The minimum absolute atomic E-state index is 0.00426. The van der Waals surface area contributed by atoms with Crippen molar-refractivity contribution in [3.05, 3.63) is 108 Å². The normalized spacial score (nSPS) is 13.5. The largest absolute Gasteiger partial charge is 0.387 e. The lowest BCUT2D eigenvalue weighted by Crippen LogP contribution is -2.33. The molecule has 0 fully saturated rings. The number of aliphatic hydroxyl groups is 1. The molecule has 2 heteroatoms. The number of rotatable bonds is 8. The SMILES string of the molecule is C[C@@H](NCCC(c1ccccc1)c1ccccc1)[C@@H](O)c1ccccc1. The van der Waals surface area contributed by atoms with Crippen LogP contribution in [0.2, 0.25) is 0 Å². The van der Waals surface area contributed by atoms with Crippen LogP contribution in [-0.4, -0.2) is 17.7 Å². The molecule has 3 rings (SSSR count). The zero-order chi connectivity index (χ0) is 18.2. The lowest BCUT2D eigenvalue weighted by molar-refractivity contribution is 0.136. The van der Waals surface area contributed by atoms with E-state index in [9.17, 15) is 5.11 Å². The first kappa shape index (κ1) is 18.4. The van der Waals surface area contributed by atoms with E-state index in [1.165, 1.54) is 11.1 Å². The van der Waals surface area contributed by atoms with Crippen LogP contribution in [0.1, 0.15) is 42.1 Å². The first-order chi connectivity index (χ1) is 12.8. The number of aliphatic hydroxyl groups excluding tert-OH is 1. The molecule has 2 N–H and O–H groups in total. The standard InChI is InChI=1S/C24H27NO/c1-19(24(26)22-15-9-4-10-16-22)25-18-17-23(20-11-5-2-6-12-20)21-13-7-3-8-14-21/h2-16,19,23-26H,17-18H2,1H3/t19-,24-/m1/s1. The monoisotopic (exact) mass is 345 g/mol. The van der Waals surface area contributed by atoms with Crippen molar-refractivity contribution in [2.75, 3.05) is 6.54 Å². The smallest absolute Gasteiger partial charge is 0.0940 e. The molecule has 0 bridgehead atoms. The second-order valence-corrected chi connectivity index (χ2v) is 6.76. The number of hydrogen-bond donors (Lipinski definition) is 2. The predicted octanol–water partition coefficient (Wildman–Crippen LogP) is 4.92. The summed E-state index contributed by atoms with van der Waals surface area (Å²) in [6.07, 6.45) is 0.489. The Labute approximate surface area is 156 Å². The minimum Gasteiger partial charge on any atom is -0.387 e. The van der Waals surface area contributed by atoms with Crippen LogP contribution in [0.3, 0.4) is 0 Å². The quantitative estimate of drug-likeness (QED) is 0.607. The van der Waals surface area contributed by atoms with E-state index in [0.29, 0.717) is 5.92 Å². The second kappa shape index (κ2) is 9.33. The van der Waals surface area contributed by atoms with E-state index in [4.69, 9.17) is 0 Å². The molecule has 0 amide bonds. The molecule has 0 aliphatic carbocycles. The van der Waals surface area contributed by atoms with E-state index >= 15 is 0 Å². The van der Waals surface area contributed by atoms with Crippen molar-refractivity contribution < 1.29 is 5.11 Å². The Bertz CT molecular complexity index is 718. The van der Waals surface area contributed by atoms with Crippen LogP contribution >= 0.6 is 0 Å². The molecule has 0 saturated carbocycles. The molecule has 0 saturated heterocycles. The van der Waals surface area contributed by atoms with Gasteiger partial charge in [-0.05, 0) is 36.6 Å². The van der Waals surface area contributed by atoms with Gasteiger partial charge < -0.3 is 10.4 Å². The van der Waals surface area contributed by atoms with Crippen molar-refractivity contribution in [3.63, 3.8) is 0 Å². The molecule has 2 atom stereocenters. The van der Waals surface area contributed by atoms with Gasteiger partial charge in [-0.1, -0.05) is 91.0 Å². The van der Waals surface area contributed by atoms with Gasteiger partial charge in [0.25, 0.3) is 0 Å². The van der Waals surface area contributed by atoms with Gasteiger partial charge in [0, 0.05) is 12.0 Å². The molecular weight excluding hydrogens is 318 g/mol. The number of benzene rings is 3. The van der Waals surface area contributed by atoms with Crippen LogP contribution in [0.4, 0.5) is 0 Å². The third-order valence-corrected chi connectivity index (χ3v) is 4.92. The lowest BCUT2D eigenvalue weighted by atomic mass is 9.88. The molecule has 134 valence electrons. The maximum absolute atomic E-state index is 10.5. The summed E-state index contributed by atoms with van der Waals surface area (Å²) in [6.45, 7) is 2.89. The zero-order valence-electron chi connectivity index (χ0n) is 15.3. The van der Waals surface area contributed by atoms with Gasteiger partial charge in [0.1, 0.15) is 0 Å². The van der Waals surface area contributed by atoms with Crippen LogP contribution < -0.4 is 5.32 Å². The van der Waals surface area contributed by atoms with E-state index in [-0.39, 0.29) is 6.04 Å². The number of nitrogens with one attached hydrogen (secondary N) is 1. The second-order valence-electron chi connectivity index (χ2n) is 6.76. The van der Waals surface area contributed by atoms with Crippen LogP contribution in [0.15, 0.2) is 91.0 Å². The van der Waals surface area contributed by atoms with E-state index in [1.807, 2.05) is 37.3 Å². The van der Waals surface area contributed by atoms with Gasteiger partial charge >= 0.3 is 0 Å². The van der Waals surface area contributed by atoms with Gasteiger partial charge in [0.15, 0.2) is 0 Å². The van der Waals surface area contributed by atoms with Crippen molar-refractivity contribution >= 4 is 0 Å². The minimum atomic E-state index is -0.497. The Morgan fingerprint density at radius 3 is 1.58 bits per heavy atom. The molecular formula is C24H27NO. The Morgan fingerprint density at radius 1 is 0.692 bits per heavy atom. The summed E-state index contributed by atoms with van der Waals surface area (Å²) in [5.41, 5.74) is 3.61. The Morgan fingerprint density at radius 2 is 1.12 bits per heavy atom. The first-order valence-electron chi connectivity index (χ1n) is 9.32. The summed E-state index contributed by atoms with van der Waals surface area (Å²) in [5, 5.41) is 14.0. The summed E-state index contributed by atoms with van der Waals surface area (Å²) in [6, 6.07) is 31.1. The van der Waals surface area contributed by atoms with Gasteiger partial charge in [-0.2, -0.15) is 0 Å². The summed E-state index contributed by atoms with van der Waals surface area (Å²) in [7, 11) is 0. The molecule has 0 aliphatic heterocycles. The van der Waals surface area contributed by atoms with Crippen molar-refractivity contribution in [3.8, 4) is 0 Å². The molecule has 0 spiro atoms. The highest BCUT2D eigenvalue weighted by atomic mass is 16.3. The lowest BCUT2D eigenvalue weighted by Gasteiger charge is -2.23. The highest BCUT2D eigenvalue weighted by Crippen LogP contribution is 2.27. The molecule has 0 radical (unpaired) electrons. The molecule has 3 aromatic carbocycles. The van der Waals surface area contributed by atoms with E-state index in [2.05, 4.69) is 66.0 Å². The van der Waals surface area contributed by atoms with Crippen molar-refractivity contribution in [1.82, 2.24) is 5.32 Å². The maximum atomic E-state index is 10.5. The topological polar surface area (TPSA) is 32.3 Å². The van der Waals surface area contributed by atoms with Crippen molar-refractivity contribution in [2.24, 2.45) is 0 Å². The molecule has 26 heavy (non-hydrogen) atoms. The highest BCUT2D eigenvalue weighted by molar-refractivity contribution is 5.32. The third-order valence-electron chi connectivity index (χ3n) is 4.92. The van der Waals surface area contributed by atoms with Gasteiger partial charge in [-0.25, -0.2) is 0 Å². The molecule has 0 aliphatic rings. The maximum Gasteiger partial charge on any atom is 0.0940 e. The summed E-state index contributed by atoms with van der Waals surface area (Å²) in [5.74, 6) is 0.353. The molecule has 2 nitrogen and oxygen atoms in total. The fourth-order valence-corrected chi connectivity index (χ4v) is 3.40. The molecule has 3 aromatic rings.